The third-order valence-corrected chi connectivity index (χ3v) is 3.48. The quantitative estimate of drug-likeness (QED) is 0.808. The molecule has 0 aliphatic carbocycles. The van der Waals surface area contributed by atoms with Crippen molar-refractivity contribution in [3.05, 3.63) is 63.9 Å². The van der Waals surface area contributed by atoms with E-state index in [1.165, 1.54) is 18.2 Å². The van der Waals surface area contributed by atoms with E-state index in [1.54, 1.807) is 32.2 Å². The molecule has 0 bridgehead atoms. The van der Waals surface area contributed by atoms with E-state index in [1.807, 2.05) is 12.1 Å². The van der Waals surface area contributed by atoms with E-state index >= 15 is 0 Å². The molecule has 0 radical (unpaired) electrons. The summed E-state index contributed by atoms with van der Waals surface area (Å²) in [5.41, 5.74) is 1.70. The summed E-state index contributed by atoms with van der Waals surface area (Å²) in [6.45, 7) is 1.79. The Kier molecular flexibility index (Phi) is 5.33. The maximum absolute atomic E-state index is 13.7. The zero-order valence-corrected chi connectivity index (χ0v) is 13.8. The SMILES string of the molecule is COc1ccc(Br)cc1/C=C/C(=O)Nc1ccc(C)cc1F. The number of aryl methyl sites for hydroxylation is 1. The Morgan fingerprint density at radius 1 is 1.27 bits per heavy atom. The van der Waals surface area contributed by atoms with Gasteiger partial charge in [0, 0.05) is 16.1 Å². The number of hydrogen-bond donors (Lipinski definition) is 1. The highest BCUT2D eigenvalue weighted by atomic mass is 79.9. The Hall–Kier alpha value is -2.14. The van der Waals surface area contributed by atoms with E-state index in [0.29, 0.717) is 5.75 Å². The molecule has 0 fully saturated rings. The van der Waals surface area contributed by atoms with Gasteiger partial charge in [0.2, 0.25) is 5.91 Å². The molecule has 0 saturated heterocycles. The van der Waals surface area contributed by atoms with Crippen molar-refractivity contribution in [1.29, 1.82) is 0 Å². The number of nitrogens with one attached hydrogen (secondary N) is 1. The predicted octanol–water partition coefficient (Wildman–Crippen LogP) is 4.56. The van der Waals surface area contributed by atoms with Crippen LogP contribution in [0.4, 0.5) is 10.1 Å². The molecule has 1 amide bonds. The van der Waals surface area contributed by atoms with Crippen molar-refractivity contribution < 1.29 is 13.9 Å². The second kappa shape index (κ2) is 7.22. The van der Waals surface area contributed by atoms with E-state index in [4.69, 9.17) is 4.74 Å². The Balaban J connectivity index is 2.13. The summed E-state index contributed by atoms with van der Waals surface area (Å²) >= 11 is 3.36. The van der Waals surface area contributed by atoms with Gasteiger partial charge in [0.05, 0.1) is 12.8 Å². The average Bonchev–Trinajstić information content (AvgIpc) is 2.48. The summed E-state index contributed by atoms with van der Waals surface area (Å²) in [5.74, 6) is -0.222. The summed E-state index contributed by atoms with van der Waals surface area (Å²) in [6.07, 6.45) is 2.95. The molecule has 0 unspecified atom stereocenters. The van der Waals surface area contributed by atoms with Crippen LogP contribution in [-0.2, 0) is 4.79 Å². The standard InChI is InChI=1S/C17H15BrFNO2/c1-11-3-6-15(14(19)9-11)20-17(21)8-4-12-10-13(18)5-7-16(12)22-2/h3-10H,1-2H3,(H,20,21)/b8-4+. The molecule has 3 nitrogen and oxygen atoms in total. The molecule has 0 spiro atoms. The highest BCUT2D eigenvalue weighted by molar-refractivity contribution is 9.10. The molecule has 22 heavy (non-hydrogen) atoms. The van der Waals surface area contributed by atoms with Crippen LogP contribution in [0.1, 0.15) is 11.1 Å². The summed E-state index contributed by atoms with van der Waals surface area (Å²) in [6, 6.07) is 10.1. The van der Waals surface area contributed by atoms with Gasteiger partial charge in [-0.15, -0.1) is 0 Å². The first-order valence-electron chi connectivity index (χ1n) is 6.58. The monoisotopic (exact) mass is 363 g/mol. The number of hydrogen-bond acceptors (Lipinski definition) is 2. The number of benzene rings is 2. The predicted molar refractivity (Wildman–Crippen MR) is 89.5 cm³/mol. The van der Waals surface area contributed by atoms with Gasteiger partial charge in [-0.3, -0.25) is 4.79 Å². The van der Waals surface area contributed by atoms with E-state index in [2.05, 4.69) is 21.2 Å². The minimum absolute atomic E-state index is 0.154. The third-order valence-electron chi connectivity index (χ3n) is 2.99. The molecule has 0 atom stereocenters. The van der Waals surface area contributed by atoms with Gasteiger partial charge in [0.15, 0.2) is 0 Å². The maximum Gasteiger partial charge on any atom is 0.248 e. The fourth-order valence-electron chi connectivity index (χ4n) is 1.90. The molecule has 0 aliphatic heterocycles. The van der Waals surface area contributed by atoms with E-state index < -0.39 is 11.7 Å². The lowest BCUT2D eigenvalue weighted by Gasteiger charge is -2.06. The molecule has 0 aliphatic rings. The molecule has 0 aromatic heterocycles. The first-order valence-corrected chi connectivity index (χ1v) is 7.37. The van der Waals surface area contributed by atoms with Gasteiger partial charge in [-0.05, 0) is 48.9 Å². The normalized spacial score (nSPS) is 10.7. The van der Waals surface area contributed by atoms with Gasteiger partial charge in [0.1, 0.15) is 11.6 Å². The van der Waals surface area contributed by atoms with Crippen LogP contribution in [-0.4, -0.2) is 13.0 Å². The molecule has 2 aromatic rings. The Morgan fingerprint density at radius 3 is 2.73 bits per heavy atom. The first kappa shape index (κ1) is 16.2. The molecule has 2 aromatic carbocycles. The maximum atomic E-state index is 13.7. The third kappa shape index (κ3) is 4.18. The minimum Gasteiger partial charge on any atom is -0.496 e. The molecule has 114 valence electrons. The fraction of sp³-hybridized carbons (Fsp3) is 0.118. The number of methoxy groups -OCH3 is 1. The highest BCUT2D eigenvalue weighted by Gasteiger charge is 2.05. The van der Waals surface area contributed by atoms with Crippen molar-refractivity contribution in [2.75, 3.05) is 12.4 Å². The average molecular weight is 364 g/mol. The number of ether oxygens (including phenoxy) is 1. The van der Waals surface area contributed by atoms with Crippen molar-refractivity contribution in [3.8, 4) is 5.75 Å². The second-order valence-electron chi connectivity index (χ2n) is 4.69. The lowest BCUT2D eigenvalue weighted by atomic mass is 10.2. The highest BCUT2D eigenvalue weighted by Crippen LogP contribution is 2.24. The lowest BCUT2D eigenvalue weighted by molar-refractivity contribution is -0.111. The number of carbonyl (C=O) groups is 1. The molecular weight excluding hydrogens is 349 g/mol. The molecule has 0 heterocycles. The fourth-order valence-corrected chi connectivity index (χ4v) is 2.28. The van der Waals surface area contributed by atoms with E-state index in [9.17, 15) is 9.18 Å². The zero-order valence-electron chi connectivity index (χ0n) is 12.2. The Bertz CT molecular complexity index is 729. The van der Waals surface area contributed by atoms with Crippen molar-refractivity contribution >= 4 is 33.6 Å². The van der Waals surface area contributed by atoms with Crippen LogP contribution >= 0.6 is 15.9 Å². The van der Waals surface area contributed by atoms with Crippen molar-refractivity contribution in [3.63, 3.8) is 0 Å². The van der Waals surface area contributed by atoms with Crippen molar-refractivity contribution in [1.82, 2.24) is 0 Å². The molecule has 0 saturated carbocycles. The lowest BCUT2D eigenvalue weighted by Crippen LogP contribution is -2.09. The Labute approximate surface area is 136 Å². The van der Waals surface area contributed by atoms with Gasteiger partial charge in [-0.1, -0.05) is 22.0 Å². The van der Waals surface area contributed by atoms with Crippen LogP contribution in [0.25, 0.3) is 6.08 Å². The topological polar surface area (TPSA) is 38.3 Å². The number of anilines is 1. The second-order valence-corrected chi connectivity index (χ2v) is 5.61. The van der Waals surface area contributed by atoms with Crippen molar-refractivity contribution in [2.24, 2.45) is 0 Å². The van der Waals surface area contributed by atoms with Crippen molar-refractivity contribution in [2.45, 2.75) is 6.92 Å². The van der Waals surface area contributed by atoms with Crippen LogP contribution in [0, 0.1) is 12.7 Å². The van der Waals surface area contributed by atoms with Gasteiger partial charge < -0.3 is 10.1 Å². The number of halogens is 2. The zero-order chi connectivity index (χ0) is 16.1. The van der Waals surface area contributed by atoms with Crippen LogP contribution in [0.15, 0.2) is 46.9 Å². The molecule has 1 N–H and O–H groups in total. The molecular formula is C17H15BrFNO2. The van der Waals surface area contributed by atoms with Crippen LogP contribution in [0.3, 0.4) is 0 Å². The largest absolute Gasteiger partial charge is 0.496 e. The molecule has 5 heteroatoms. The molecule has 2 rings (SSSR count). The summed E-state index contributed by atoms with van der Waals surface area (Å²) in [5, 5.41) is 2.51. The first-order chi connectivity index (χ1) is 10.5. The van der Waals surface area contributed by atoms with Gasteiger partial charge in [-0.25, -0.2) is 4.39 Å². The van der Waals surface area contributed by atoms with Crippen LogP contribution < -0.4 is 10.1 Å². The number of amides is 1. The van der Waals surface area contributed by atoms with Gasteiger partial charge >= 0.3 is 0 Å². The van der Waals surface area contributed by atoms with E-state index in [0.717, 1.165) is 15.6 Å². The minimum atomic E-state index is -0.457. The van der Waals surface area contributed by atoms with Gasteiger partial charge in [-0.2, -0.15) is 0 Å². The number of carbonyl (C=O) groups excluding carboxylic acids is 1. The summed E-state index contributed by atoms with van der Waals surface area (Å²) < 4.78 is 19.8. The van der Waals surface area contributed by atoms with Gasteiger partial charge in [0.25, 0.3) is 0 Å². The smallest absolute Gasteiger partial charge is 0.248 e. The summed E-state index contributed by atoms with van der Waals surface area (Å²) in [4.78, 5) is 11.9. The summed E-state index contributed by atoms with van der Waals surface area (Å²) in [7, 11) is 1.56. The number of rotatable bonds is 4. The van der Waals surface area contributed by atoms with Crippen LogP contribution in [0.2, 0.25) is 0 Å². The van der Waals surface area contributed by atoms with Crippen LogP contribution in [0.5, 0.6) is 5.75 Å². The van der Waals surface area contributed by atoms with E-state index in [-0.39, 0.29) is 5.69 Å². The Morgan fingerprint density at radius 2 is 2.05 bits per heavy atom.